The summed E-state index contributed by atoms with van der Waals surface area (Å²) >= 11 is 1.76. The molecule has 0 bridgehead atoms. The zero-order valence-corrected chi connectivity index (χ0v) is 11.7. The molecule has 1 saturated carbocycles. The number of amides is 1. The summed E-state index contributed by atoms with van der Waals surface area (Å²) in [6.07, 6.45) is 0.333. The van der Waals surface area contributed by atoms with Crippen LogP contribution in [0.3, 0.4) is 0 Å². The van der Waals surface area contributed by atoms with Crippen molar-refractivity contribution in [3.05, 3.63) is 24.3 Å². The number of anilines is 1. The van der Waals surface area contributed by atoms with E-state index >= 15 is 0 Å². The van der Waals surface area contributed by atoms with Crippen molar-refractivity contribution in [1.29, 1.82) is 0 Å². The van der Waals surface area contributed by atoms with Crippen LogP contribution in [-0.2, 0) is 4.79 Å². The number of benzene rings is 1. The minimum atomic E-state index is -1.65. The van der Waals surface area contributed by atoms with Gasteiger partial charge in [-0.3, -0.25) is 4.79 Å². The van der Waals surface area contributed by atoms with Crippen LogP contribution < -0.4 is 5.32 Å². The lowest BCUT2D eigenvalue weighted by Gasteiger charge is -2.10. The molecule has 0 aliphatic heterocycles. The van der Waals surface area contributed by atoms with Gasteiger partial charge in [0.15, 0.2) is 5.67 Å². The van der Waals surface area contributed by atoms with Gasteiger partial charge in [0.2, 0.25) is 0 Å². The zero-order valence-electron chi connectivity index (χ0n) is 10.9. The monoisotopic (exact) mass is 267 g/mol. The Hall–Kier alpha value is -1.03. The number of carbonyl (C=O) groups is 1. The minimum absolute atomic E-state index is 0.159. The van der Waals surface area contributed by atoms with Crippen LogP contribution in [0.5, 0.6) is 0 Å². The lowest BCUT2D eigenvalue weighted by atomic mass is 10.2. The first-order valence-electron chi connectivity index (χ1n) is 6.19. The highest BCUT2D eigenvalue weighted by Crippen LogP contribution is 2.47. The molecule has 2 atom stereocenters. The second-order valence-electron chi connectivity index (χ2n) is 5.11. The molecule has 1 aliphatic carbocycles. The third-order valence-electron chi connectivity index (χ3n) is 3.09. The summed E-state index contributed by atoms with van der Waals surface area (Å²) in [5.41, 5.74) is -0.991. The molecule has 98 valence electrons. The summed E-state index contributed by atoms with van der Waals surface area (Å²) in [7, 11) is 0. The maximum atomic E-state index is 13.8. The molecule has 0 spiro atoms. The van der Waals surface area contributed by atoms with Gasteiger partial charge in [0.25, 0.3) is 5.91 Å². The number of carbonyl (C=O) groups excluding carboxylic acids is 1. The average molecular weight is 267 g/mol. The van der Waals surface area contributed by atoms with Crippen molar-refractivity contribution in [2.45, 2.75) is 43.0 Å². The summed E-state index contributed by atoms with van der Waals surface area (Å²) < 4.78 is 13.8. The SMILES string of the molecule is CC(C)Sc1ccc(NC(=O)C2(F)CC2C)cc1. The lowest BCUT2D eigenvalue weighted by molar-refractivity contribution is -0.122. The van der Waals surface area contributed by atoms with E-state index in [1.54, 1.807) is 18.7 Å². The van der Waals surface area contributed by atoms with Crippen LogP contribution >= 0.6 is 11.8 Å². The van der Waals surface area contributed by atoms with Gasteiger partial charge in [-0.1, -0.05) is 20.8 Å². The van der Waals surface area contributed by atoms with Crippen LogP contribution in [0.15, 0.2) is 29.2 Å². The van der Waals surface area contributed by atoms with Gasteiger partial charge in [0.05, 0.1) is 0 Å². The van der Waals surface area contributed by atoms with E-state index in [9.17, 15) is 9.18 Å². The Morgan fingerprint density at radius 3 is 2.44 bits per heavy atom. The number of hydrogen-bond donors (Lipinski definition) is 1. The molecule has 1 aromatic rings. The van der Waals surface area contributed by atoms with Gasteiger partial charge in [-0.2, -0.15) is 0 Å². The van der Waals surface area contributed by atoms with Crippen molar-refractivity contribution in [2.24, 2.45) is 5.92 Å². The standard InChI is InChI=1S/C14H18FNOS/c1-9(2)18-12-6-4-11(5-7-12)16-13(17)14(15)8-10(14)3/h4-7,9-10H,8H2,1-3H3,(H,16,17). The Labute approximate surface area is 111 Å². The first-order valence-corrected chi connectivity index (χ1v) is 7.07. The van der Waals surface area contributed by atoms with E-state index in [1.807, 2.05) is 24.3 Å². The molecule has 1 amide bonds. The third kappa shape index (κ3) is 2.86. The average Bonchev–Trinajstić information content (AvgIpc) is 2.90. The molecule has 1 aromatic carbocycles. The largest absolute Gasteiger partial charge is 0.323 e. The first kappa shape index (κ1) is 13.4. The van der Waals surface area contributed by atoms with Gasteiger partial charge in [0.1, 0.15) is 0 Å². The highest BCUT2D eigenvalue weighted by molar-refractivity contribution is 7.99. The molecule has 0 saturated heterocycles. The second kappa shape index (κ2) is 4.92. The normalized spacial score (nSPS) is 26.2. The number of alkyl halides is 1. The van der Waals surface area contributed by atoms with Crippen molar-refractivity contribution in [3.63, 3.8) is 0 Å². The molecule has 1 N–H and O–H groups in total. The fraction of sp³-hybridized carbons (Fsp3) is 0.500. The van der Waals surface area contributed by atoms with Crippen LogP contribution in [0, 0.1) is 5.92 Å². The minimum Gasteiger partial charge on any atom is -0.323 e. The second-order valence-corrected chi connectivity index (χ2v) is 6.76. The molecule has 1 fully saturated rings. The molecule has 0 aromatic heterocycles. The maximum absolute atomic E-state index is 13.8. The molecule has 0 radical (unpaired) electrons. The molecule has 4 heteroatoms. The fourth-order valence-electron chi connectivity index (χ4n) is 1.83. The summed E-state index contributed by atoms with van der Waals surface area (Å²) in [5, 5.41) is 3.15. The van der Waals surface area contributed by atoms with Gasteiger partial charge >= 0.3 is 0 Å². The van der Waals surface area contributed by atoms with Gasteiger partial charge in [0, 0.05) is 21.8 Å². The molecule has 2 unspecified atom stereocenters. The molecule has 2 rings (SSSR count). The van der Waals surface area contributed by atoms with E-state index in [2.05, 4.69) is 19.2 Å². The van der Waals surface area contributed by atoms with Crippen LogP contribution in [0.4, 0.5) is 10.1 Å². The summed E-state index contributed by atoms with van der Waals surface area (Å²) in [4.78, 5) is 12.8. The molecular weight excluding hydrogens is 249 g/mol. The molecule has 18 heavy (non-hydrogen) atoms. The highest BCUT2D eigenvalue weighted by atomic mass is 32.2. The predicted octanol–water partition coefficient (Wildman–Crippen LogP) is 3.87. The highest BCUT2D eigenvalue weighted by Gasteiger charge is 2.58. The Morgan fingerprint density at radius 1 is 1.44 bits per heavy atom. The number of rotatable bonds is 4. The quantitative estimate of drug-likeness (QED) is 0.839. The first-order chi connectivity index (χ1) is 8.41. The third-order valence-corrected chi connectivity index (χ3v) is 4.10. The topological polar surface area (TPSA) is 29.1 Å². The maximum Gasteiger partial charge on any atom is 0.262 e. The van der Waals surface area contributed by atoms with Gasteiger partial charge in [-0.15, -0.1) is 11.8 Å². The van der Waals surface area contributed by atoms with Crippen LogP contribution in [0.2, 0.25) is 0 Å². The molecule has 0 heterocycles. The number of hydrogen-bond acceptors (Lipinski definition) is 2. The van der Waals surface area contributed by atoms with E-state index in [0.717, 1.165) is 4.90 Å². The van der Waals surface area contributed by atoms with Crippen molar-refractivity contribution < 1.29 is 9.18 Å². The van der Waals surface area contributed by atoms with Crippen LogP contribution in [-0.4, -0.2) is 16.8 Å². The lowest BCUT2D eigenvalue weighted by Crippen LogP contribution is -2.27. The number of nitrogens with one attached hydrogen (secondary N) is 1. The summed E-state index contributed by atoms with van der Waals surface area (Å²) in [5.74, 6) is -0.674. The van der Waals surface area contributed by atoms with Crippen molar-refractivity contribution in [1.82, 2.24) is 0 Å². The van der Waals surface area contributed by atoms with Crippen LogP contribution in [0.25, 0.3) is 0 Å². The van der Waals surface area contributed by atoms with Crippen molar-refractivity contribution in [2.75, 3.05) is 5.32 Å². The Kier molecular flexibility index (Phi) is 3.66. The van der Waals surface area contributed by atoms with E-state index in [1.165, 1.54) is 0 Å². The fourth-order valence-corrected chi connectivity index (χ4v) is 2.66. The van der Waals surface area contributed by atoms with Gasteiger partial charge in [-0.25, -0.2) is 4.39 Å². The van der Waals surface area contributed by atoms with E-state index in [-0.39, 0.29) is 5.92 Å². The molecule has 1 aliphatic rings. The predicted molar refractivity (Wildman–Crippen MR) is 73.7 cm³/mol. The summed E-state index contributed by atoms with van der Waals surface area (Å²) in [6, 6.07) is 7.53. The Bertz CT molecular complexity index is 446. The van der Waals surface area contributed by atoms with E-state index in [4.69, 9.17) is 0 Å². The Balaban J connectivity index is 1.96. The van der Waals surface area contributed by atoms with Crippen LogP contribution in [0.1, 0.15) is 27.2 Å². The van der Waals surface area contributed by atoms with E-state index < -0.39 is 11.6 Å². The summed E-state index contributed by atoms with van der Waals surface area (Å²) in [6.45, 7) is 6.01. The van der Waals surface area contributed by atoms with Gasteiger partial charge < -0.3 is 5.32 Å². The number of halogens is 1. The van der Waals surface area contributed by atoms with E-state index in [0.29, 0.717) is 17.4 Å². The smallest absolute Gasteiger partial charge is 0.262 e. The number of thioether (sulfide) groups is 1. The Morgan fingerprint density at radius 2 is 2.00 bits per heavy atom. The molecule has 2 nitrogen and oxygen atoms in total. The van der Waals surface area contributed by atoms with Crippen molar-refractivity contribution in [3.8, 4) is 0 Å². The zero-order chi connectivity index (χ0) is 13.3. The van der Waals surface area contributed by atoms with Gasteiger partial charge in [-0.05, 0) is 30.7 Å². The molecular formula is C14H18FNOS. The van der Waals surface area contributed by atoms with Crippen molar-refractivity contribution >= 4 is 23.4 Å².